The van der Waals surface area contributed by atoms with Crippen LogP contribution < -0.4 is 10.6 Å². The van der Waals surface area contributed by atoms with E-state index in [1.54, 1.807) is 11.9 Å². The molecule has 1 heterocycles. The van der Waals surface area contributed by atoms with Crippen molar-refractivity contribution in [1.82, 2.24) is 15.5 Å². The van der Waals surface area contributed by atoms with Crippen LogP contribution in [0.4, 0.5) is 0 Å². The van der Waals surface area contributed by atoms with Gasteiger partial charge in [-0.2, -0.15) is 0 Å². The lowest BCUT2D eigenvalue weighted by Gasteiger charge is -2.31. The highest BCUT2D eigenvalue weighted by molar-refractivity contribution is 5.85. The minimum absolute atomic E-state index is 0. The molecule has 17 heavy (non-hydrogen) atoms. The topological polar surface area (TPSA) is 61.4 Å². The molecule has 0 aromatic carbocycles. The van der Waals surface area contributed by atoms with Crippen molar-refractivity contribution in [2.45, 2.75) is 19.3 Å². The van der Waals surface area contributed by atoms with Gasteiger partial charge in [-0.1, -0.05) is 0 Å². The number of hydrogen-bond acceptors (Lipinski definition) is 3. The van der Waals surface area contributed by atoms with Crippen molar-refractivity contribution >= 4 is 24.2 Å². The fraction of sp³-hybridized carbons (Fsp3) is 0.818. The first kappa shape index (κ1) is 16.2. The molecule has 0 spiro atoms. The van der Waals surface area contributed by atoms with Crippen LogP contribution in [0, 0.1) is 5.92 Å². The quantitative estimate of drug-likeness (QED) is 0.751. The molecule has 0 aromatic heterocycles. The molecule has 1 aliphatic rings. The predicted octanol–water partition coefficient (Wildman–Crippen LogP) is 0.00230. The third-order valence-electron chi connectivity index (χ3n) is 2.98. The fourth-order valence-electron chi connectivity index (χ4n) is 2.01. The Bertz CT molecular complexity index is 261. The molecular formula is C11H22ClN3O2. The smallest absolute Gasteiger partial charge is 0.224 e. The molecule has 2 N–H and O–H groups in total. The summed E-state index contributed by atoms with van der Waals surface area (Å²) in [6.45, 7) is 2.05. The van der Waals surface area contributed by atoms with Crippen LogP contribution in [0.3, 0.4) is 0 Å². The molecule has 0 aliphatic carbocycles. The van der Waals surface area contributed by atoms with E-state index in [1.165, 1.54) is 0 Å². The summed E-state index contributed by atoms with van der Waals surface area (Å²) in [7, 11) is 3.47. The lowest BCUT2D eigenvalue weighted by Crippen LogP contribution is -2.45. The molecule has 0 radical (unpaired) electrons. The number of rotatable bonds is 4. The van der Waals surface area contributed by atoms with Crippen LogP contribution in [-0.2, 0) is 9.59 Å². The third kappa shape index (κ3) is 4.91. The van der Waals surface area contributed by atoms with Gasteiger partial charge in [0.2, 0.25) is 11.8 Å². The Kier molecular flexibility index (Phi) is 7.91. The van der Waals surface area contributed by atoms with Crippen molar-refractivity contribution in [3.05, 3.63) is 0 Å². The van der Waals surface area contributed by atoms with E-state index >= 15 is 0 Å². The molecule has 1 rings (SSSR count). The van der Waals surface area contributed by atoms with Gasteiger partial charge in [0.1, 0.15) is 0 Å². The van der Waals surface area contributed by atoms with Crippen LogP contribution >= 0.6 is 12.4 Å². The van der Waals surface area contributed by atoms with E-state index in [-0.39, 0.29) is 30.1 Å². The van der Waals surface area contributed by atoms with Crippen molar-refractivity contribution < 1.29 is 9.59 Å². The number of hydrogen-bond donors (Lipinski definition) is 2. The molecule has 1 saturated heterocycles. The number of halogens is 1. The summed E-state index contributed by atoms with van der Waals surface area (Å²) in [5.74, 6) is 0.159. The van der Waals surface area contributed by atoms with E-state index in [4.69, 9.17) is 0 Å². The maximum atomic E-state index is 11.8. The molecular weight excluding hydrogens is 242 g/mol. The van der Waals surface area contributed by atoms with Crippen molar-refractivity contribution in [1.29, 1.82) is 0 Å². The van der Waals surface area contributed by atoms with Crippen LogP contribution in [0.1, 0.15) is 19.3 Å². The zero-order chi connectivity index (χ0) is 12.0. The van der Waals surface area contributed by atoms with Crippen molar-refractivity contribution in [3.63, 3.8) is 0 Å². The monoisotopic (exact) mass is 263 g/mol. The molecule has 0 saturated carbocycles. The number of likely N-dealkylation sites (tertiary alicyclic amines) is 1. The van der Waals surface area contributed by atoms with E-state index in [9.17, 15) is 9.59 Å². The Labute approximate surface area is 109 Å². The molecule has 6 heteroatoms. The van der Waals surface area contributed by atoms with E-state index < -0.39 is 0 Å². The summed E-state index contributed by atoms with van der Waals surface area (Å²) in [6, 6.07) is 0. The second kappa shape index (κ2) is 8.31. The summed E-state index contributed by atoms with van der Waals surface area (Å²) >= 11 is 0. The average molecular weight is 264 g/mol. The highest BCUT2D eigenvalue weighted by Crippen LogP contribution is 2.17. The second-order valence-corrected chi connectivity index (χ2v) is 4.15. The lowest BCUT2D eigenvalue weighted by molar-refractivity contribution is -0.135. The molecule has 2 amide bonds. The Hall–Kier alpha value is -0.810. The first-order valence-electron chi connectivity index (χ1n) is 5.83. The molecule has 0 aromatic rings. The van der Waals surface area contributed by atoms with Crippen LogP contribution in [-0.4, -0.2) is 50.4 Å². The number of piperidine rings is 1. The van der Waals surface area contributed by atoms with Gasteiger partial charge in [-0.3, -0.25) is 9.59 Å². The SMILES string of the molecule is CNCCC(=O)N1CCCC(C(=O)NC)C1.Cl. The standard InChI is InChI=1S/C11H21N3O2.ClH/c1-12-6-5-10(15)14-7-3-4-9(8-14)11(16)13-2;/h9,12H,3-8H2,1-2H3,(H,13,16);1H. The highest BCUT2D eigenvalue weighted by Gasteiger charge is 2.27. The van der Waals surface area contributed by atoms with Crippen molar-refractivity contribution in [2.24, 2.45) is 5.92 Å². The molecule has 5 nitrogen and oxygen atoms in total. The summed E-state index contributed by atoms with van der Waals surface area (Å²) < 4.78 is 0. The Morgan fingerprint density at radius 1 is 1.35 bits per heavy atom. The lowest BCUT2D eigenvalue weighted by atomic mass is 9.97. The molecule has 100 valence electrons. The van der Waals surface area contributed by atoms with Crippen LogP contribution in [0.5, 0.6) is 0 Å². The maximum Gasteiger partial charge on any atom is 0.224 e. The summed E-state index contributed by atoms with van der Waals surface area (Å²) in [6.07, 6.45) is 2.32. The van der Waals surface area contributed by atoms with Crippen LogP contribution in [0.15, 0.2) is 0 Å². The average Bonchev–Trinajstić information content (AvgIpc) is 2.35. The number of nitrogens with one attached hydrogen (secondary N) is 2. The van der Waals surface area contributed by atoms with Gasteiger partial charge in [0.15, 0.2) is 0 Å². The highest BCUT2D eigenvalue weighted by atomic mass is 35.5. The summed E-state index contributed by atoms with van der Waals surface area (Å²) in [4.78, 5) is 25.1. The number of carbonyl (C=O) groups is 2. The number of carbonyl (C=O) groups excluding carboxylic acids is 2. The van der Waals surface area contributed by atoms with Gasteiger partial charge >= 0.3 is 0 Å². The maximum absolute atomic E-state index is 11.8. The van der Waals surface area contributed by atoms with Crippen molar-refractivity contribution in [3.8, 4) is 0 Å². The van der Waals surface area contributed by atoms with Gasteiger partial charge in [0, 0.05) is 33.1 Å². The third-order valence-corrected chi connectivity index (χ3v) is 2.98. The van der Waals surface area contributed by atoms with Gasteiger partial charge in [-0.15, -0.1) is 12.4 Å². The fourth-order valence-corrected chi connectivity index (χ4v) is 2.01. The predicted molar refractivity (Wildman–Crippen MR) is 69.2 cm³/mol. The van der Waals surface area contributed by atoms with Crippen molar-refractivity contribution in [2.75, 3.05) is 33.7 Å². The van der Waals surface area contributed by atoms with Gasteiger partial charge in [-0.25, -0.2) is 0 Å². The van der Waals surface area contributed by atoms with Crippen LogP contribution in [0.25, 0.3) is 0 Å². The molecule has 1 unspecified atom stereocenters. The van der Waals surface area contributed by atoms with Gasteiger partial charge in [0.05, 0.1) is 5.92 Å². The minimum Gasteiger partial charge on any atom is -0.359 e. The Balaban J connectivity index is 0.00000256. The van der Waals surface area contributed by atoms with E-state index in [0.29, 0.717) is 19.5 Å². The summed E-state index contributed by atoms with van der Waals surface area (Å²) in [5, 5.41) is 5.60. The molecule has 1 atom stereocenters. The normalized spacial score (nSPS) is 19.4. The van der Waals surface area contributed by atoms with E-state index in [2.05, 4.69) is 10.6 Å². The first-order chi connectivity index (χ1) is 7.69. The van der Waals surface area contributed by atoms with Gasteiger partial charge in [0.25, 0.3) is 0 Å². The molecule has 1 aliphatic heterocycles. The first-order valence-corrected chi connectivity index (χ1v) is 5.83. The Morgan fingerprint density at radius 3 is 2.65 bits per heavy atom. The van der Waals surface area contributed by atoms with Crippen LogP contribution in [0.2, 0.25) is 0 Å². The minimum atomic E-state index is -0.0303. The molecule has 1 fully saturated rings. The van der Waals surface area contributed by atoms with E-state index in [0.717, 1.165) is 19.4 Å². The number of amides is 2. The van der Waals surface area contributed by atoms with E-state index in [1.807, 2.05) is 7.05 Å². The second-order valence-electron chi connectivity index (χ2n) is 4.15. The summed E-state index contributed by atoms with van der Waals surface area (Å²) in [5.41, 5.74) is 0. The zero-order valence-electron chi connectivity index (χ0n) is 10.5. The Morgan fingerprint density at radius 2 is 2.06 bits per heavy atom. The largest absolute Gasteiger partial charge is 0.359 e. The zero-order valence-corrected chi connectivity index (χ0v) is 11.3. The number of nitrogens with zero attached hydrogens (tertiary/aromatic N) is 1. The molecule has 0 bridgehead atoms. The van der Waals surface area contributed by atoms with Gasteiger partial charge in [-0.05, 0) is 19.9 Å². The van der Waals surface area contributed by atoms with Gasteiger partial charge < -0.3 is 15.5 Å².